The molecule has 0 bridgehead atoms. The van der Waals surface area contributed by atoms with Crippen molar-refractivity contribution in [3.8, 4) is 22.8 Å². The molecule has 0 saturated carbocycles. The highest BCUT2D eigenvalue weighted by atomic mass is 16.5. The molecule has 0 atom stereocenters. The Hall–Kier alpha value is -4.64. The van der Waals surface area contributed by atoms with Crippen molar-refractivity contribution in [2.24, 2.45) is 0 Å². The van der Waals surface area contributed by atoms with Crippen LogP contribution in [0.2, 0.25) is 0 Å². The fraction of sp³-hybridized carbons (Fsp3) is 0.259. The monoisotopic (exact) mass is 512 g/mol. The van der Waals surface area contributed by atoms with E-state index in [9.17, 15) is 4.79 Å². The summed E-state index contributed by atoms with van der Waals surface area (Å²) in [5.41, 5.74) is 10.3. The highest BCUT2D eigenvalue weighted by Gasteiger charge is 2.24. The van der Waals surface area contributed by atoms with Crippen LogP contribution in [-0.2, 0) is 0 Å². The Morgan fingerprint density at radius 2 is 1.92 bits per heavy atom. The molecule has 1 fully saturated rings. The van der Waals surface area contributed by atoms with Crippen LogP contribution in [0, 0.1) is 0 Å². The summed E-state index contributed by atoms with van der Waals surface area (Å²) in [7, 11) is 3.17. The van der Waals surface area contributed by atoms with Gasteiger partial charge >= 0.3 is 0 Å². The third-order valence-corrected chi connectivity index (χ3v) is 6.97. The Labute approximate surface area is 218 Å². The summed E-state index contributed by atoms with van der Waals surface area (Å²) in [6, 6.07) is 13.2. The van der Waals surface area contributed by atoms with E-state index in [0.717, 1.165) is 42.4 Å². The number of nitrogen functional groups attached to an aromatic ring is 1. The first-order chi connectivity index (χ1) is 18.6. The largest absolute Gasteiger partial charge is 0.497 e. The smallest absolute Gasteiger partial charge is 0.272 e. The zero-order valence-electron chi connectivity index (χ0n) is 21.1. The zero-order chi connectivity index (χ0) is 26.2. The van der Waals surface area contributed by atoms with Crippen LogP contribution >= 0.6 is 0 Å². The number of fused-ring (bicyclic) bond motifs is 2. The lowest BCUT2D eigenvalue weighted by molar-refractivity contribution is 0.102. The minimum atomic E-state index is -0.288. The number of nitrogens with two attached hydrogens (primary N) is 1. The predicted octanol–water partition coefficient (Wildman–Crippen LogP) is 3.75. The second-order valence-electron chi connectivity index (χ2n) is 9.24. The molecule has 11 heteroatoms. The first kappa shape index (κ1) is 23.7. The number of piperidine rings is 1. The molecule has 1 amide bonds. The average Bonchev–Trinajstić information content (AvgIpc) is 3.56. The van der Waals surface area contributed by atoms with Gasteiger partial charge in [0, 0.05) is 22.5 Å². The number of methoxy groups -OCH3 is 2. The SMILES string of the molecule is COc1ccc2cc(C(=O)Nc3ccc(-c4nn(C5CCNCC5)c5ncnc(N)c45)cc3OC)[nH]c2c1. The lowest BCUT2D eigenvalue weighted by Gasteiger charge is -2.23. The molecule has 4 heterocycles. The first-order valence-electron chi connectivity index (χ1n) is 12.4. The van der Waals surface area contributed by atoms with Crippen molar-refractivity contribution < 1.29 is 14.3 Å². The number of carbonyl (C=O) groups excluding carboxylic acids is 1. The molecule has 6 rings (SSSR count). The number of nitrogens with one attached hydrogen (secondary N) is 3. The van der Waals surface area contributed by atoms with Crippen molar-refractivity contribution in [1.29, 1.82) is 0 Å². The number of nitrogens with zero attached hydrogens (tertiary/aromatic N) is 4. The van der Waals surface area contributed by atoms with E-state index in [1.165, 1.54) is 6.33 Å². The molecule has 0 unspecified atom stereocenters. The van der Waals surface area contributed by atoms with Gasteiger partial charge in [0.2, 0.25) is 0 Å². The lowest BCUT2D eigenvalue weighted by Crippen LogP contribution is -2.30. The maximum atomic E-state index is 13.1. The highest BCUT2D eigenvalue weighted by molar-refractivity contribution is 6.07. The normalized spacial score (nSPS) is 14.2. The van der Waals surface area contributed by atoms with Gasteiger partial charge in [-0.2, -0.15) is 5.10 Å². The molecule has 0 aliphatic carbocycles. The fourth-order valence-corrected chi connectivity index (χ4v) is 4.99. The molecule has 3 aromatic heterocycles. The van der Waals surface area contributed by atoms with Crippen molar-refractivity contribution >= 4 is 39.3 Å². The maximum absolute atomic E-state index is 13.1. The summed E-state index contributed by atoms with van der Waals surface area (Å²) in [4.78, 5) is 25.0. The van der Waals surface area contributed by atoms with Crippen molar-refractivity contribution in [1.82, 2.24) is 30.0 Å². The second-order valence-corrected chi connectivity index (χ2v) is 9.24. The van der Waals surface area contributed by atoms with E-state index >= 15 is 0 Å². The molecule has 0 radical (unpaired) electrons. The molecule has 1 aliphatic rings. The number of anilines is 2. The number of hydrogen-bond donors (Lipinski definition) is 4. The van der Waals surface area contributed by atoms with Crippen LogP contribution in [0.3, 0.4) is 0 Å². The third kappa shape index (κ3) is 4.16. The van der Waals surface area contributed by atoms with Gasteiger partial charge in [0.1, 0.15) is 35.0 Å². The molecule has 5 aromatic rings. The summed E-state index contributed by atoms with van der Waals surface area (Å²) >= 11 is 0. The fourth-order valence-electron chi connectivity index (χ4n) is 4.99. The lowest BCUT2D eigenvalue weighted by atomic mass is 10.1. The minimum Gasteiger partial charge on any atom is -0.497 e. The number of H-pyrrole nitrogens is 1. The predicted molar refractivity (Wildman–Crippen MR) is 146 cm³/mol. The molecule has 2 aromatic carbocycles. The zero-order valence-corrected chi connectivity index (χ0v) is 21.1. The number of hydrogen-bond acceptors (Lipinski definition) is 8. The van der Waals surface area contributed by atoms with E-state index < -0.39 is 0 Å². The molecule has 0 spiro atoms. The maximum Gasteiger partial charge on any atom is 0.272 e. The van der Waals surface area contributed by atoms with Gasteiger partial charge in [-0.3, -0.25) is 4.79 Å². The molecule has 1 saturated heterocycles. The van der Waals surface area contributed by atoms with Crippen molar-refractivity contribution in [2.75, 3.05) is 38.4 Å². The Bertz CT molecular complexity index is 1650. The van der Waals surface area contributed by atoms with E-state index in [1.807, 2.05) is 35.0 Å². The van der Waals surface area contributed by atoms with Crippen molar-refractivity contribution in [2.45, 2.75) is 18.9 Å². The van der Waals surface area contributed by atoms with Crippen LogP contribution in [0.15, 0.2) is 48.8 Å². The highest BCUT2D eigenvalue weighted by Crippen LogP contribution is 2.37. The van der Waals surface area contributed by atoms with Gasteiger partial charge in [-0.25, -0.2) is 14.6 Å². The molecular formula is C27H28N8O3. The van der Waals surface area contributed by atoms with Crippen LogP contribution in [0.4, 0.5) is 11.5 Å². The summed E-state index contributed by atoms with van der Waals surface area (Å²) in [6.07, 6.45) is 3.38. The number of aromatic nitrogens is 5. The molecular weight excluding hydrogens is 484 g/mol. The van der Waals surface area contributed by atoms with Crippen molar-refractivity contribution in [3.63, 3.8) is 0 Å². The van der Waals surface area contributed by atoms with E-state index in [0.29, 0.717) is 45.4 Å². The topological polar surface area (TPSA) is 145 Å². The van der Waals surface area contributed by atoms with Gasteiger partial charge in [-0.1, -0.05) is 6.07 Å². The summed E-state index contributed by atoms with van der Waals surface area (Å²) in [5.74, 6) is 1.29. The second kappa shape index (κ2) is 9.67. The first-order valence-corrected chi connectivity index (χ1v) is 12.4. The Balaban J connectivity index is 1.34. The number of benzene rings is 2. The molecule has 38 heavy (non-hydrogen) atoms. The molecule has 194 valence electrons. The van der Waals surface area contributed by atoms with Crippen molar-refractivity contribution in [3.05, 3.63) is 54.5 Å². The summed E-state index contributed by atoms with van der Waals surface area (Å²) < 4.78 is 12.9. The Morgan fingerprint density at radius 3 is 2.71 bits per heavy atom. The molecule has 11 nitrogen and oxygen atoms in total. The quantitative estimate of drug-likeness (QED) is 0.269. The third-order valence-electron chi connectivity index (χ3n) is 6.97. The van der Waals surface area contributed by atoms with Gasteiger partial charge in [-0.15, -0.1) is 0 Å². The standard InChI is InChI=1S/C27H28N8O3/c1-37-18-5-3-15-11-21(32-20(15)13-18)27(36)33-19-6-4-16(12-22(19)38-2)24-23-25(28)30-14-31-26(23)35(34-24)17-7-9-29-10-8-17/h3-6,11-14,17,29,32H,7-10H2,1-2H3,(H,33,36)(H2,28,30,31). The van der Waals surface area contributed by atoms with Gasteiger partial charge in [-0.05, 0) is 56.3 Å². The molecule has 1 aliphatic heterocycles. The van der Waals surface area contributed by atoms with Crippen LogP contribution in [-0.4, -0.2) is 57.9 Å². The average molecular weight is 513 g/mol. The minimum absolute atomic E-state index is 0.221. The van der Waals surface area contributed by atoms with E-state index in [2.05, 4.69) is 25.6 Å². The van der Waals surface area contributed by atoms with Gasteiger partial charge in [0.25, 0.3) is 5.91 Å². The van der Waals surface area contributed by atoms with E-state index in [4.69, 9.17) is 20.3 Å². The Kier molecular flexibility index (Phi) is 6.04. The van der Waals surface area contributed by atoms with Gasteiger partial charge in [0.05, 0.1) is 31.3 Å². The number of rotatable bonds is 6. The number of carbonyl (C=O) groups is 1. The van der Waals surface area contributed by atoms with E-state index in [1.54, 1.807) is 26.4 Å². The summed E-state index contributed by atoms with van der Waals surface area (Å²) in [6.45, 7) is 1.85. The Morgan fingerprint density at radius 1 is 1.08 bits per heavy atom. The van der Waals surface area contributed by atoms with Crippen LogP contribution in [0.1, 0.15) is 29.4 Å². The van der Waals surface area contributed by atoms with Crippen LogP contribution < -0.4 is 25.8 Å². The number of amides is 1. The van der Waals surface area contributed by atoms with Gasteiger partial charge in [0.15, 0.2) is 5.65 Å². The number of ether oxygens (including phenoxy) is 2. The van der Waals surface area contributed by atoms with Crippen LogP contribution in [0.25, 0.3) is 33.2 Å². The van der Waals surface area contributed by atoms with Gasteiger partial charge < -0.3 is 30.8 Å². The van der Waals surface area contributed by atoms with E-state index in [-0.39, 0.29) is 11.9 Å². The summed E-state index contributed by atoms with van der Waals surface area (Å²) in [5, 5.41) is 12.9. The molecule has 5 N–H and O–H groups in total. The number of aromatic amines is 1. The van der Waals surface area contributed by atoms with Crippen LogP contribution in [0.5, 0.6) is 11.5 Å².